The molecule has 0 saturated heterocycles. The summed E-state index contributed by atoms with van der Waals surface area (Å²) >= 11 is 7.44. The topological polar surface area (TPSA) is 22.1 Å². The second kappa shape index (κ2) is 6.25. The third-order valence-corrected chi connectivity index (χ3v) is 4.80. The highest BCUT2D eigenvalue weighted by molar-refractivity contribution is 7.13. The number of benzene rings is 1. The van der Waals surface area contributed by atoms with Crippen LogP contribution in [-0.4, -0.2) is 11.6 Å². The number of hydrogen-bond donors (Lipinski definition) is 0. The molecule has 0 unspecified atom stereocenters. The summed E-state index contributed by atoms with van der Waals surface area (Å²) in [6.07, 6.45) is 2.68. The largest absolute Gasteiger partial charge is 0.376 e. The first kappa shape index (κ1) is 14.1. The predicted molar refractivity (Wildman–Crippen MR) is 84.2 cm³/mol. The van der Waals surface area contributed by atoms with Gasteiger partial charge >= 0.3 is 0 Å². The van der Waals surface area contributed by atoms with Gasteiger partial charge in [-0.3, -0.25) is 0 Å². The van der Waals surface area contributed by atoms with Crippen molar-refractivity contribution in [2.45, 2.75) is 32.3 Å². The van der Waals surface area contributed by atoms with Crippen LogP contribution >= 0.6 is 22.9 Å². The van der Waals surface area contributed by atoms with Gasteiger partial charge in [-0.1, -0.05) is 12.1 Å². The van der Waals surface area contributed by atoms with Crippen LogP contribution in [0.4, 0.5) is 0 Å². The van der Waals surface area contributed by atoms with E-state index in [1.165, 1.54) is 24.0 Å². The van der Waals surface area contributed by atoms with Crippen LogP contribution in [-0.2, 0) is 17.2 Å². The van der Waals surface area contributed by atoms with Crippen LogP contribution in [0.25, 0.3) is 10.6 Å². The molecule has 3 rings (SSSR count). The molecule has 20 heavy (non-hydrogen) atoms. The van der Waals surface area contributed by atoms with Crippen molar-refractivity contribution in [3.63, 3.8) is 0 Å². The molecule has 2 nitrogen and oxygen atoms in total. The minimum Gasteiger partial charge on any atom is -0.376 e. The number of aromatic nitrogens is 1. The van der Waals surface area contributed by atoms with Crippen LogP contribution in [0.15, 0.2) is 23.6 Å². The Bertz CT molecular complexity index is 592. The van der Waals surface area contributed by atoms with Crippen LogP contribution in [0.1, 0.15) is 29.7 Å². The summed E-state index contributed by atoms with van der Waals surface area (Å²) < 4.78 is 5.76. The van der Waals surface area contributed by atoms with Gasteiger partial charge < -0.3 is 4.74 Å². The maximum Gasteiger partial charge on any atom is 0.123 e. The lowest BCUT2D eigenvalue weighted by molar-refractivity contribution is 0.111. The smallest absolute Gasteiger partial charge is 0.123 e. The predicted octanol–water partition coefficient (Wildman–Crippen LogP) is 4.78. The van der Waals surface area contributed by atoms with Crippen LogP contribution in [0.2, 0.25) is 0 Å². The van der Waals surface area contributed by atoms with E-state index in [4.69, 9.17) is 16.3 Å². The van der Waals surface area contributed by atoms with Crippen molar-refractivity contribution in [2.24, 2.45) is 5.92 Å². The molecule has 0 atom stereocenters. The molecule has 1 aliphatic rings. The maximum atomic E-state index is 5.80. The van der Waals surface area contributed by atoms with E-state index >= 15 is 0 Å². The van der Waals surface area contributed by atoms with Crippen molar-refractivity contribution in [2.75, 3.05) is 6.61 Å². The Balaban J connectivity index is 1.68. The van der Waals surface area contributed by atoms with Crippen molar-refractivity contribution in [3.05, 3.63) is 40.4 Å². The minimum absolute atomic E-state index is 0.475. The van der Waals surface area contributed by atoms with E-state index < -0.39 is 0 Å². The van der Waals surface area contributed by atoms with Crippen molar-refractivity contribution >= 4 is 22.9 Å². The lowest BCUT2D eigenvalue weighted by Crippen LogP contribution is -1.99. The molecule has 1 saturated carbocycles. The summed E-state index contributed by atoms with van der Waals surface area (Å²) in [5.74, 6) is 1.29. The highest BCUT2D eigenvalue weighted by atomic mass is 35.5. The summed E-state index contributed by atoms with van der Waals surface area (Å²) in [5.41, 5.74) is 4.64. The van der Waals surface area contributed by atoms with E-state index in [2.05, 4.69) is 30.1 Å². The van der Waals surface area contributed by atoms with Gasteiger partial charge in [0.25, 0.3) is 0 Å². The zero-order chi connectivity index (χ0) is 13.9. The molecule has 0 aliphatic heterocycles. The monoisotopic (exact) mass is 307 g/mol. The average molecular weight is 308 g/mol. The van der Waals surface area contributed by atoms with Crippen molar-refractivity contribution in [1.29, 1.82) is 0 Å². The SMILES string of the molecule is Cc1cc(-c2nc(CCl)cs2)ccc1COCC1CC1. The molecule has 0 amide bonds. The quantitative estimate of drug-likeness (QED) is 0.716. The molecular formula is C16H18ClNOS. The molecule has 1 fully saturated rings. The highest BCUT2D eigenvalue weighted by Crippen LogP contribution is 2.30. The van der Waals surface area contributed by atoms with Crippen LogP contribution < -0.4 is 0 Å². The summed E-state index contributed by atoms with van der Waals surface area (Å²) in [4.78, 5) is 4.52. The Hall–Kier alpha value is -0.900. The lowest BCUT2D eigenvalue weighted by Gasteiger charge is -2.08. The first-order valence-corrected chi connectivity index (χ1v) is 8.35. The van der Waals surface area contributed by atoms with Gasteiger partial charge in [0.2, 0.25) is 0 Å². The molecule has 2 aromatic rings. The number of ether oxygens (including phenoxy) is 1. The highest BCUT2D eigenvalue weighted by Gasteiger charge is 2.21. The number of thiazole rings is 1. The van der Waals surface area contributed by atoms with E-state index in [0.717, 1.165) is 28.8 Å². The Morgan fingerprint density at radius 2 is 2.25 bits per heavy atom. The fourth-order valence-corrected chi connectivity index (χ4v) is 3.16. The molecule has 106 valence electrons. The molecule has 1 heterocycles. The lowest BCUT2D eigenvalue weighted by atomic mass is 10.1. The van der Waals surface area contributed by atoms with E-state index in [1.54, 1.807) is 11.3 Å². The summed E-state index contributed by atoms with van der Waals surface area (Å²) in [7, 11) is 0. The number of aryl methyl sites for hydroxylation is 1. The van der Waals surface area contributed by atoms with Gasteiger partial charge in [0, 0.05) is 17.6 Å². The summed E-state index contributed by atoms with van der Waals surface area (Å²) in [6.45, 7) is 3.76. The molecule has 0 bridgehead atoms. The van der Waals surface area contributed by atoms with Crippen LogP contribution in [0.3, 0.4) is 0 Å². The first-order chi connectivity index (χ1) is 9.76. The molecule has 4 heteroatoms. The van der Waals surface area contributed by atoms with Gasteiger partial charge in [0.15, 0.2) is 0 Å². The van der Waals surface area contributed by atoms with E-state index in [0.29, 0.717) is 12.5 Å². The third-order valence-electron chi connectivity index (χ3n) is 3.59. The molecule has 1 aromatic carbocycles. The first-order valence-electron chi connectivity index (χ1n) is 6.94. The molecule has 0 spiro atoms. The van der Waals surface area contributed by atoms with Crippen LogP contribution in [0, 0.1) is 12.8 Å². The summed E-state index contributed by atoms with van der Waals surface area (Å²) in [5, 5.41) is 3.05. The number of alkyl halides is 1. The number of rotatable bonds is 6. The van der Waals surface area contributed by atoms with Gasteiger partial charge in [0.05, 0.1) is 18.2 Å². The standard InChI is InChI=1S/C16H18ClNOS/c1-11-6-13(16-18-15(7-17)10-20-16)4-5-14(11)9-19-8-12-2-3-12/h4-6,10,12H,2-3,7-9H2,1H3. The fourth-order valence-electron chi connectivity index (χ4n) is 2.11. The van der Waals surface area contributed by atoms with Crippen LogP contribution in [0.5, 0.6) is 0 Å². The second-order valence-corrected chi connectivity index (χ2v) is 6.50. The minimum atomic E-state index is 0.475. The number of nitrogens with zero attached hydrogens (tertiary/aromatic N) is 1. The number of halogens is 1. The Labute approximate surface area is 128 Å². The normalized spacial score (nSPS) is 14.7. The molecule has 1 aliphatic carbocycles. The molecule has 0 radical (unpaired) electrons. The van der Waals surface area contributed by atoms with Gasteiger partial charge in [-0.25, -0.2) is 4.98 Å². The molecule has 1 aromatic heterocycles. The average Bonchev–Trinajstić information content (AvgIpc) is 3.15. The Morgan fingerprint density at radius 1 is 1.40 bits per heavy atom. The Morgan fingerprint density at radius 3 is 2.90 bits per heavy atom. The van der Waals surface area contributed by atoms with Gasteiger partial charge in [-0.2, -0.15) is 0 Å². The van der Waals surface area contributed by atoms with Gasteiger partial charge in [0.1, 0.15) is 5.01 Å². The maximum absolute atomic E-state index is 5.80. The van der Waals surface area contributed by atoms with Crippen molar-refractivity contribution in [3.8, 4) is 10.6 Å². The Kier molecular flexibility index (Phi) is 4.39. The van der Waals surface area contributed by atoms with Gasteiger partial charge in [-0.15, -0.1) is 22.9 Å². The van der Waals surface area contributed by atoms with E-state index in [-0.39, 0.29) is 0 Å². The number of hydrogen-bond acceptors (Lipinski definition) is 3. The van der Waals surface area contributed by atoms with Crippen molar-refractivity contribution < 1.29 is 4.74 Å². The van der Waals surface area contributed by atoms with Crippen molar-refractivity contribution in [1.82, 2.24) is 4.98 Å². The zero-order valence-corrected chi connectivity index (χ0v) is 13.1. The van der Waals surface area contributed by atoms with E-state index in [9.17, 15) is 0 Å². The van der Waals surface area contributed by atoms with E-state index in [1.807, 2.05) is 5.38 Å². The third kappa shape index (κ3) is 3.40. The van der Waals surface area contributed by atoms with Gasteiger partial charge in [-0.05, 0) is 42.9 Å². The zero-order valence-electron chi connectivity index (χ0n) is 11.6. The molecule has 0 N–H and O–H groups in total. The molecular weight excluding hydrogens is 290 g/mol. The summed E-state index contributed by atoms with van der Waals surface area (Å²) in [6, 6.07) is 6.46. The fraction of sp³-hybridized carbons (Fsp3) is 0.438. The second-order valence-electron chi connectivity index (χ2n) is 5.38.